The molecular formula is C11H11F3N2O. The van der Waals surface area contributed by atoms with Crippen LogP contribution in [0.4, 0.5) is 13.2 Å². The minimum absolute atomic E-state index is 0.131. The summed E-state index contributed by atoms with van der Waals surface area (Å²) in [6, 6.07) is 1.81. The van der Waals surface area contributed by atoms with E-state index >= 15 is 0 Å². The zero-order valence-corrected chi connectivity index (χ0v) is 8.92. The van der Waals surface area contributed by atoms with E-state index in [9.17, 15) is 18.0 Å². The predicted molar refractivity (Wildman–Crippen MR) is 54.0 cm³/mol. The number of nitrogens with two attached hydrogens (primary N) is 1. The second kappa shape index (κ2) is 3.72. The van der Waals surface area contributed by atoms with E-state index in [2.05, 4.69) is 4.98 Å². The Kier molecular flexibility index (Phi) is 2.60. The Labute approximate surface area is 95.8 Å². The fourth-order valence-electron chi connectivity index (χ4n) is 2.03. The van der Waals surface area contributed by atoms with Gasteiger partial charge in [0.15, 0.2) is 0 Å². The van der Waals surface area contributed by atoms with Gasteiger partial charge in [0, 0.05) is 6.20 Å². The summed E-state index contributed by atoms with van der Waals surface area (Å²) >= 11 is 0. The first-order chi connectivity index (χ1) is 7.86. The fourth-order valence-corrected chi connectivity index (χ4v) is 2.03. The lowest BCUT2D eigenvalue weighted by Crippen LogP contribution is -2.47. The Morgan fingerprint density at radius 2 is 2.06 bits per heavy atom. The first-order valence-electron chi connectivity index (χ1n) is 5.20. The molecule has 0 atom stereocenters. The van der Waals surface area contributed by atoms with Gasteiger partial charge in [0.05, 0.1) is 16.7 Å². The topological polar surface area (TPSA) is 56.0 Å². The summed E-state index contributed by atoms with van der Waals surface area (Å²) in [7, 11) is 0. The molecule has 1 fully saturated rings. The van der Waals surface area contributed by atoms with Gasteiger partial charge in [-0.05, 0) is 25.0 Å². The molecule has 1 amide bonds. The van der Waals surface area contributed by atoms with Crippen LogP contribution in [0.3, 0.4) is 0 Å². The molecule has 0 saturated heterocycles. The standard InChI is InChI=1S/C11H11F3N2O/c12-11(13,14)7-2-5-16-8(6-7)10(9(15)17)3-1-4-10/h2,5-6H,1,3-4H2,(H2,15,17). The number of halogens is 3. The zero-order chi connectivity index (χ0) is 12.7. The largest absolute Gasteiger partial charge is 0.416 e. The highest BCUT2D eigenvalue weighted by molar-refractivity contribution is 5.87. The molecule has 1 aliphatic carbocycles. The number of alkyl halides is 3. The molecule has 17 heavy (non-hydrogen) atoms. The van der Waals surface area contributed by atoms with E-state index in [1.807, 2.05) is 0 Å². The average molecular weight is 244 g/mol. The first-order valence-corrected chi connectivity index (χ1v) is 5.20. The molecule has 1 aromatic rings. The molecule has 0 bridgehead atoms. The van der Waals surface area contributed by atoms with Crippen LogP contribution in [0.5, 0.6) is 0 Å². The zero-order valence-electron chi connectivity index (χ0n) is 8.92. The van der Waals surface area contributed by atoms with Crippen molar-refractivity contribution in [1.29, 1.82) is 0 Å². The molecule has 1 saturated carbocycles. The van der Waals surface area contributed by atoms with E-state index in [0.29, 0.717) is 12.8 Å². The van der Waals surface area contributed by atoms with Gasteiger partial charge >= 0.3 is 6.18 Å². The van der Waals surface area contributed by atoms with Crippen LogP contribution in [-0.2, 0) is 16.4 Å². The average Bonchev–Trinajstić information content (AvgIpc) is 2.14. The number of hydrogen-bond acceptors (Lipinski definition) is 2. The number of primary amides is 1. The molecule has 2 N–H and O–H groups in total. The van der Waals surface area contributed by atoms with E-state index < -0.39 is 23.1 Å². The number of aromatic nitrogens is 1. The Morgan fingerprint density at radius 1 is 1.41 bits per heavy atom. The Balaban J connectivity index is 2.43. The van der Waals surface area contributed by atoms with Crippen LogP contribution < -0.4 is 5.73 Å². The van der Waals surface area contributed by atoms with E-state index in [0.717, 1.165) is 24.8 Å². The quantitative estimate of drug-likeness (QED) is 0.865. The summed E-state index contributed by atoms with van der Waals surface area (Å²) in [5, 5.41) is 0. The van der Waals surface area contributed by atoms with Crippen molar-refractivity contribution < 1.29 is 18.0 Å². The maximum Gasteiger partial charge on any atom is 0.416 e. The number of rotatable bonds is 2. The molecule has 0 aliphatic heterocycles. The highest BCUT2D eigenvalue weighted by Gasteiger charge is 2.46. The number of carbonyl (C=O) groups excluding carboxylic acids is 1. The van der Waals surface area contributed by atoms with Crippen molar-refractivity contribution in [2.24, 2.45) is 5.73 Å². The van der Waals surface area contributed by atoms with E-state index in [-0.39, 0.29) is 5.69 Å². The fraction of sp³-hybridized carbons (Fsp3) is 0.455. The molecule has 0 unspecified atom stereocenters. The van der Waals surface area contributed by atoms with Gasteiger partial charge in [-0.25, -0.2) is 0 Å². The third-order valence-corrected chi connectivity index (χ3v) is 3.26. The number of carbonyl (C=O) groups is 1. The van der Waals surface area contributed by atoms with E-state index in [1.165, 1.54) is 0 Å². The van der Waals surface area contributed by atoms with Crippen LogP contribution in [0.2, 0.25) is 0 Å². The van der Waals surface area contributed by atoms with Gasteiger partial charge in [-0.1, -0.05) is 6.42 Å². The smallest absolute Gasteiger partial charge is 0.369 e. The van der Waals surface area contributed by atoms with Gasteiger partial charge in [-0.3, -0.25) is 9.78 Å². The van der Waals surface area contributed by atoms with Crippen LogP contribution in [0.25, 0.3) is 0 Å². The third-order valence-electron chi connectivity index (χ3n) is 3.26. The molecule has 2 rings (SSSR count). The summed E-state index contributed by atoms with van der Waals surface area (Å²) < 4.78 is 37.6. The van der Waals surface area contributed by atoms with Gasteiger partial charge in [0.25, 0.3) is 0 Å². The lowest BCUT2D eigenvalue weighted by molar-refractivity contribution is -0.138. The van der Waals surface area contributed by atoms with Crippen LogP contribution in [0.15, 0.2) is 18.3 Å². The van der Waals surface area contributed by atoms with Crippen molar-refractivity contribution in [3.63, 3.8) is 0 Å². The van der Waals surface area contributed by atoms with Crippen molar-refractivity contribution in [2.75, 3.05) is 0 Å². The van der Waals surface area contributed by atoms with Gasteiger partial charge < -0.3 is 5.73 Å². The minimum atomic E-state index is -4.43. The molecule has 0 aromatic carbocycles. The van der Waals surface area contributed by atoms with Gasteiger partial charge in [-0.15, -0.1) is 0 Å². The van der Waals surface area contributed by atoms with Gasteiger partial charge in [0.2, 0.25) is 5.91 Å². The predicted octanol–water partition coefficient (Wildman–Crippen LogP) is 2.01. The molecule has 1 heterocycles. The monoisotopic (exact) mass is 244 g/mol. The van der Waals surface area contributed by atoms with Crippen molar-refractivity contribution in [3.05, 3.63) is 29.6 Å². The second-order valence-corrected chi connectivity index (χ2v) is 4.23. The molecular weight excluding hydrogens is 233 g/mol. The lowest BCUT2D eigenvalue weighted by Gasteiger charge is -2.38. The Morgan fingerprint density at radius 3 is 2.47 bits per heavy atom. The molecule has 6 heteroatoms. The number of hydrogen-bond donors (Lipinski definition) is 1. The van der Waals surface area contributed by atoms with Crippen molar-refractivity contribution >= 4 is 5.91 Å². The van der Waals surface area contributed by atoms with Gasteiger partial charge in [-0.2, -0.15) is 13.2 Å². The van der Waals surface area contributed by atoms with Crippen LogP contribution in [-0.4, -0.2) is 10.9 Å². The van der Waals surface area contributed by atoms with Crippen LogP contribution in [0.1, 0.15) is 30.5 Å². The Bertz CT molecular complexity index is 452. The summed E-state index contributed by atoms with van der Waals surface area (Å²) in [6.07, 6.45) is -1.64. The second-order valence-electron chi connectivity index (χ2n) is 4.23. The molecule has 3 nitrogen and oxygen atoms in total. The molecule has 1 aliphatic rings. The summed E-state index contributed by atoms with van der Waals surface area (Å²) in [5.74, 6) is -0.601. The first kappa shape index (κ1) is 11.9. The molecule has 92 valence electrons. The SMILES string of the molecule is NC(=O)C1(c2cc(C(F)(F)F)ccn2)CCC1. The molecule has 1 aromatic heterocycles. The number of amides is 1. The third kappa shape index (κ3) is 1.87. The Hall–Kier alpha value is -1.59. The summed E-state index contributed by atoms with van der Waals surface area (Å²) in [5.41, 5.74) is 3.60. The highest BCUT2D eigenvalue weighted by atomic mass is 19.4. The van der Waals surface area contributed by atoms with Crippen molar-refractivity contribution in [2.45, 2.75) is 30.9 Å². The van der Waals surface area contributed by atoms with E-state index in [1.54, 1.807) is 0 Å². The maximum absolute atomic E-state index is 12.5. The van der Waals surface area contributed by atoms with Gasteiger partial charge in [0.1, 0.15) is 0 Å². The normalized spacial score (nSPS) is 18.5. The minimum Gasteiger partial charge on any atom is -0.369 e. The van der Waals surface area contributed by atoms with Crippen LogP contribution in [0, 0.1) is 0 Å². The summed E-state index contributed by atoms with van der Waals surface area (Å²) in [6.45, 7) is 0. The van der Waals surface area contributed by atoms with E-state index in [4.69, 9.17) is 5.73 Å². The van der Waals surface area contributed by atoms with Crippen molar-refractivity contribution in [3.8, 4) is 0 Å². The lowest BCUT2D eigenvalue weighted by atomic mass is 9.65. The number of nitrogens with zero attached hydrogens (tertiary/aromatic N) is 1. The summed E-state index contributed by atoms with van der Waals surface area (Å²) in [4.78, 5) is 15.2. The highest BCUT2D eigenvalue weighted by Crippen LogP contribution is 2.43. The van der Waals surface area contributed by atoms with Crippen LogP contribution >= 0.6 is 0 Å². The molecule has 0 radical (unpaired) electrons. The molecule has 0 spiro atoms. The maximum atomic E-state index is 12.5. The van der Waals surface area contributed by atoms with Crippen molar-refractivity contribution in [1.82, 2.24) is 4.98 Å². The number of pyridine rings is 1.